The molecule has 2 N–H and O–H groups in total. The standard InChI is InChI=1S/C32H40N6O2/c1-21-5-2-6-22-15-25(39)16-28(29(21)22)36-14-9-26-27(19-36)34-31(40-20-32-10-3-12-38(32)13-4-11-32)35-30(26)37-17-23-7-8-24(18-37)33-23/h2,5-6,15-16,23-24,33,39H,3-4,7-14,17-20H2,1H3. The van der Waals surface area contributed by atoms with Crippen molar-refractivity contribution in [1.29, 1.82) is 0 Å². The van der Waals surface area contributed by atoms with Crippen LogP contribution < -0.4 is 19.9 Å². The number of fused-ring (bicyclic) bond motifs is 5. The fourth-order valence-corrected chi connectivity index (χ4v) is 8.37. The van der Waals surface area contributed by atoms with Crippen molar-refractivity contribution in [2.45, 2.75) is 76.0 Å². The molecule has 4 saturated heterocycles. The molecule has 2 atom stereocenters. The van der Waals surface area contributed by atoms with Gasteiger partial charge in [0, 0.05) is 54.4 Å². The number of aromatic hydroxyl groups is 1. The zero-order valence-electron chi connectivity index (χ0n) is 23.5. The normalized spacial score (nSPS) is 25.4. The number of nitrogens with one attached hydrogen (secondary N) is 1. The Bertz CT molecular complexity index is 1440. The number of ether oxygens (including phenoxy) is 1. The fraction of sp³-hybridized carbons (Fsp3) is 0.562. The van der Waals surface area contributed by atoms with E-state index in [2.05, 4.69) is 45.1 Å². The van der Waals surface area contributed by atoms with Gasteiger partial charge in [0.1, 0.15) is 18.2 Å². The molecule has 2 bridgehead atoms. The van der Waals surface area contributed by atoms with E-state index < -0.39 is 0 Å². The van der Waals surface area contributed by atoms with E-state index in [1.54, 1.807) is 0 Å². The van der Waals surface area contributed by atoms with Crippen molar-refractivity contribution < 1.29 is 9.84 Å². The van der Waals surface area contributed by atoms with Crippen molar-refractivity contribution in [2.24, 2.45) is 0 Å². The van der Waals surface area contributed by atoms with Gasteiger partial charge in [0.05, 0.1) is 17.8 Å². The molecule has 6 heterocycles. The van der Waals surface area contributed by atoms with Gasteiger partial charge in [-0.3, -0.25) is 4.90 Å². The molecule has 40 heavy (non-hydrogen) atoms. The lowest BCUT2D eigenvalue weighted by atomic mass is 9.95. The lowest BCUT2D eigenvalue weighted by Gasteiger charge is -2.38. The van der Waals surface area contributed by atoms with Gasteiger partial charge in [-0.15, -0.1) is 0 Å². The van der Waals surface area contributed by atoms with Crippen LogP contribution >= 0.6 is 0 Å². The first-order chi connectivity index (χ1) is 19.5. The second-order valence-electron chi connectivity index (χ2n) is 12.8. The highest BCUT2D eigenvalue weighted by atomic mass is 16.5. The molecule has 8 rings (SSSR count). The largest absolute Gasteiger partial charge is 0.508 e. The summed E-state index contributed by atoms with van der Waals surface area (Å²) in [6.07, 6.45) is 8.31. The smallest absolute Gasteiger partial charge is 0.318 e. The summed E-state index contributed by atoms with van der Waals surface area (Å²) in [5.41, 5.74) is 4.80. The number of benzene rings is 2. The molecule has 2 aromatic carbocycles. The number of anilines is 2. The Morgan fingerprint density at radius 3 is 2.62 bits per heavy atom. The number of aryl methyl sites for hydroxylation is 1. The SMILES string of the molecule is Cc1cccc2cc(O)cc(N3CCc4c(nc(OCC56CCCN5CCC6)nc4N4CC5CCC(C4)N5)C3)c12. The van der Waals surface area contributed by atoms with E-state index >= 15 is 0 Å². The molecule has 3 aromatic rings. The van der Waals surface area contributed by atoms with Gasteiger partial charge < -0.3 is 25.0 Å². The van der Waals surface area contributed by atoms with E-state index in [0.29, 0.717) is 37.0 Å². The molecule has 0 radical (unpaired) electrons. The molecule has 2 unspecified atom stereocenters. The number of nitrogens with zero attached hydrogens (tertiary/aromatic N) is 5. The Morgan fingerprint density at radius 2 is 1.82 bits per heavy atom. The number of phenols is 1. The van der Waals surface area contributed by atoms with Crippen LogP contribution in [0.4, 0.5) is 11.5 Å². The summed E-state index contributed by atoms with van der Waals surface area (Å²) in [5, 5.41) is 16.6. The minimum atomic E-state index is 0.164. The maximum Gasteiger partial charge on any atom is 0.318 e. The van der Waals surface area contributed by atoms with E-state index in [9.17, 15) is 5.11 Å². The average molecular weight is 541 g/mol. The highest BCUT2D eigenvalue weighted by Gasteiger charge is 2.45. The van der Waals surface area contributed by atoms with Crippen LogP contribution in [0.2, 0.25) is 0 Å². The maximum absolute atomic E-state index is 10.6. The monoisotopic (exact) mass is 540 g/mol. The molecule has 0 saturated carbocycles. The molecule has 4 fully saturated rings. The second-order valence-corrected chi connectivity index (χ2v) is 12.8. The van der Waals surface area contributed by atoms with Crippen molar-refractivity contribution in [3.05, 3.63) is 47.2 Å². The van der Waals surface area contributed by atoms with E-state index in [4.69, 9.17) is 14.7 Å². The predicted octanol–water partition coefficient (Wildman–Crippen LogP) is 4.15. The molecule has 210 valence electrons. The summed E-state index contributed by atoms with van der Waals surface area (Å²) >= 11 is 0. The Kier molecular flexibility index (Phi) is 5.85. The van der Waals surface area contributed by atoms with Gasteiger partial charge in [-0.1, -0.05) is 18.2 Å². The minimum absolute atomic E-state index is 0.164. The highest BCUT2D eigenvalue weighted by molar-refractivity contribution is 5.98. The van der Waals surface area contributed by atoms with Crippen LogP contribution in [0.1, 0.15) is 55.3 Å². The summed E-state index contributed by atoms with van der Waals surface area (Å²) in [7, 11) is 0. The van der Waals surface area contributed by atoms with Crippen molar-refractivity contribution in [3.8, 4) is 11.8 Å². The summed E-state index contributed by atoms with van der Waals surface area (Å²) in [6, 6.07) is 11.7. The number of aromatic nitrogens is 2. The topological polar surface area (TPSA) is 77.0 Å². The summed E-state index contributed by atoms with van der Waals surface area (Å²) in [5.74, 6) is 1.39. The Labute approximate surface area is 236 Å². The summed E-state index contributed by atoms with van der Waals surface area (Å²) < 4.78 is 6.55. The van der Waals surface area contributed by atoms with Crippen LogP contribution in [0.3, 0.4) is 0 Å². The van der Waals surface area contributed by atoms with Gasteiger partial charge in [-0.05, 0) is 82.0 Å². The van der Waals surface area contributed by atoms with Crippen LogP contribution in [0.15, 0.2) is 30.3 Å². The van der Waals surface area contributed by atoms with Crippen LogP contribution in [-0.4, -0.2) is 76.9 Å². The lowest BCUT2D eigenvalue weighted by Crippen LogP contribution is -2.52. The number of phenolic OH excluding ortho intramolecular Hbond substituents is 1. The Hall–Kier alpha value is -3.10. The van der Waals surface area contributed by atoms with Crippen molar-refractivity contribution >= 4 is 22.3 Å². The molecule has 1 aromatic heterocycles. The van der Waals surface area contributed by atoms with Crippen LogP contribution in [-0.2, 0) is 13.0 Å². The third-order valence-corrected chi connectivity index (χ3v) is 10.3. The van der Waals surface area contributed by atoms with Crippen LogP contribution in [0.5, 0.6) is 11.8 Å². The molecule has 8 nitrogen and oxygen atoms in total. The number of hydrogen-bond donors (Lipinski definition) is 2. The summed E-state index contributed by atoms with van der Waals surface area (Å²) in [4.78, 5) is 17.8. The van der Waals surface area contributed by atoms with Crippen LogP contribution in [0, 0.1) is 6.92 Å². The van der Waals surface area contributed by atoms with Gasteiger partial charge in [-0.25, -0.2) is 0 Å². The van der Waals surface area contributed by atoms with E-state index in [0.717, 1.165) is 48.6 Å². The molecular weight excluding hydrogens is 500 g/mol. The summed E-state index contributed by atoms with van der Waals surface area (Å²) in [6.45, 7) is 8.76. The maximum atomic E-state index is 10.6. The molecule has 0 amide bonds. The zero-order chi connectivity index (χ0) is 26.8. The Balaban J connectivity index is 1.15. The van der Waals surface area contributed by atoms with Crippen molar-refractivity contribution in [2.75, 3.05) is 49.1 Å². The second kappa shape index (κ2) is 9.48. The van der Waals surface area contributed by atoms with Crippen LogP contribution in [0.25, 0.3) is 10.8 Å². The molecule has 5 aliphatic rings. The third-order valence-electron chi connectivity index (χ3n) is 10.3. The third kappa shape index (κ3) is 4.10. The first-order valence-corrected chi connectivity index (χ1v) is 15.3. The molecule has 8 heteroatoms. The molecule has 0 aliphatic carbocycles. The highest BCUT2D eigenvalue weighted by Crippen LogP contribution is 2.41. The van der Waals surface area contributed by atoms with Gasteiger partial charge in [-0.2, -0.15) is 9.97 Å². The first kappa shape index (κ1) is 24.7. The predicted molar refractivity (Wildman–Crippen MR) is 158 cm³/mol. The quantitative estimate of drug-likeness (QED) is 0.500. The Morgan fingerprint density at radius 1 is 1.02 bits per heavy atom. The first-order valence-electron chi connectivity index (χ1n) is 15.3. The molecule has 0 spiro atoms. The fourth-order valence-electron chi connectivity index (χ4n) is 8.37. The van der Waals surface area contributed by atoms with Gasteiger partial charge in [0.25, 0.3) is 0 Å². The zero-order valence-corrected chi connectivity index (χ0v) is 23.5. The minimum Gasteiger partial charge on any atom is -0.508 e. The van der Waals surface area contributed by atoms with Gasteiger partial charge in [0.2, 0.25) is 0 Å². The van der Waals surface area contributed by atoms with E-state index in [1.807, 2.05) is 12.1 Å². The van der Waals surface area contributed by atoms with Crippen molar-refractivity contribution in [1.82, 2.24) is 20.2 Å². The van der Waals surface area contributed by atoms with Gasteiger partial charge in [0.15, 0.2) is 0 Å². The van der Waals surface area contributed by atoms with Gasteiger partial charge >= 0.3 is 6.01 Å². The average Bonchev–Trinajstić information content (AvgIpc) is 3.64. The molecular formula is C32H40N6O2. The molecule has 5 aliphatic heterocycles. The number of rotatable bonds is 5. The lowest BCUT2D eigenvalue weighted by molar-refractivity contribution is 0.107. The van der Waals surface area contributed by atoms with E-state index in [-0.39, 0.29) is 5.54 Å². The van der Waals surface area contributed by atoms with Crippen molar-refractivity contribution in [3.63, 3.8) is 0 Å². The number of hydrogen-bond acceptors (Lipinski definition) is 8. The van der Waals surface area contributed by atoms with E-state index in [1.165, 1.54) is 68.1 Å². The number of piperazine rings is 1.